The molecular weight excluding hydrogens is 328 g/mol. The van der Waals surface area contributed by atoms with Crippen LogP contribution in [0.1, 0.15) is 44.7 Å². The normalized spacial score (nSPS) is 24.1. The molecule has 2 rings (SSSR count). The summed E-state index contributed by atoms with van der Waals surface area (Å²) < 4.78 is 6.58. The van der Waals surface area contributed by atoms with Crippen LogP contribution >= 0.6 is 15.9 Å². The summed E-state index contributed by atoms with van der Waals surface area (Å²) in [5.74, 6) is 1.41. The van der Waals surface area contributed by atoms with Gasteiger partial charge in [-0.25, -0.2) is 0 Å². The molecule has 21 heavy (non-hydrogen) atoms. The molecule has 118 valence electrons. The number of hydrogen-bond donors (Lipinski definition) is 1. The van der Waals surface area contributed by atoms with Crippen LogP contribution in [0.4, 0.5) is 0 Å². The topological polar surface area (TPSA) is 38.5 Å². The largest absolute Gasteiger partial charge is 0.497 e. The Morgan fingerprint density at radius 1 is 1.38 bits per heavy atom. The predicted octanol–water partition coefficient (Wildman–Crippen LogP) is 3.97. The first-order valence-corrected chi connectivity index (χ1v) is 8.67. The zero-order chi connectivity index (χ0) is 15.4. The fraction of sp³-hybridized carbons (Fsp3) is 0.647. The first kappa shape index (κ1) is 16.8. The van der Waals surface area contributed by atoms with Gasteiger partial charge in [-0.05, 0) is 69.5 Å². The van der Waals surface area contributed by atoms with Crippen LogP contribution < -0.4 is 10.5 Å². The van der Waals surface area contributed by atoms with Crippen molar-refractivity contribution >= 4 is 15.9 Å². The molecule has 0 spiro atoms. The van der Waals surface area contributed by atoms with Gasteiger partial charge < -0.3 is 10.5 Å². The van der Waals surface area contributed by atoms with Crippen molar-refractivity contribution < 1.29 is 4.74 Å². The molecule has 1 aromatic carbocycles. The van der Waals surface area contributed by atoms with Crippen LogP contribution in [-0.4, -0.2) is 31.1 Å². The van der Waals surface area contributed by atoms with Gasteiger partial charge in [-0.15, -0.1) is 0 Å². The molecule has 0 amide bonds. The minimum Gasteiger partial charge on any atom is -0.497 e. The number of ether oxygens (including phenoxy) is 1. The first-order chi connectivity index (χ1) is 10.1. The molecular formula is C17H27BrN2O. The number of hydrogen-bond acceptors (Lipinski definition) is 3. The van der Waals surface area contributed by atoms with Crippen LogP contribution in [0.25, 0.3) is 0 Å². The van der Waals surface area contributed by atoms with Crippen molar-refractivity contribution in [2.45, 2.75) is 45.2 Å². The van der Waals surface area contributed by atoms with Crippen LogP contribution in [0.3, 0.4) is 0 Å². The predicted molar refractivity (Wildman–Crippen MR) is 91.7 cm³/mol. The average molecular weight is 355 g/mol. The van der Waals surface area contributed by atoms with Crippen LogP contribution in [0, 0.1) is 5.92 Å². The van der Waals surface area contributed by atoms with Gasteiger partial charge in [0, 0.05) is 16.6 Å². The van der Waals surface area contributed by atoms with Crippen molar-refractivity contribution in [3.05, 3.63) is 28.2 Å². The summed E-state index contributed by atoms with van der Waals surface area (Å²) in [5.41, 5.74) is 7.42. The van der Waals surface area contributed by atoms with Gasteiger partial charge in [0.05, 0.1) is 7.11 Å². The number of nitrogens with zero attached hydrogens (tertiary/aromatic N) is 1. The standard InChI is InChI=1S/C17H27BrN2O/c1-12(2)20-9-5-4-6-13(11-19)17(20)15-10-14(21-3)7-8-16(15)18/h7-8,10,12-13,17H,4-6,9,11,19H2,1-3H3. The molecule has 0 saturated carbocycles. The second-order valence-electron chi connectivity index (χ2n) is 6.16. The molecule has 2 unspecified atom stereocenters. The van der Waals surface area contributed by atoms with Gasteiger partial charge in [0.25, 0.3) is 0 Å². The van der Waals surface area contributed by atoms with Crippen LogP contribution in [0.15, 0.2) is 22.7 Å². The molecule has 4 heteroatoms. The van der Waals surface area contributed by atoms with E-state index in [1.54, 1.807) is 7.11 Å². The van der Waals surface area contributed by atoms with Crippen molar-refractivity contribution in [3.63, 3.8) is 0 Å². The number of likely N-dealkylation sites (tertiary alicyclic amines) is 1. The van der Waals surface area contributed by atoms with E-state index in [4.69, 9.17) is 10.5 Å². The number of methoxy groups -OCH3 is 1. The highest BCUT2D eigenvalue weighted by Gasteiger charge is 2.33. The van der Waals surface area contributed by atoms with Crippen LogP contribution in [-0.2, 0) is 0 Å². The highest BCUT2D eigenvalue weighted by molar-refractivity contribution is 9.10. The maximum Gasteiger partial charge on any atom is 0.119 e. The van der Waals surface area contributed by atoms with E-state index in [1.807, 2.05) is 6.07 Å². The third-order valence-electron chi connectivity index (χ3n) is 4.53. The number of benzene rings is 1. The van der Waals surface area contributed by atoms with E-state index in [0.717, 1.165) is 23.3 Å². The van der Waals surface area contributed by atoms with Crippen molar-refractivity contribution in [1.82, 2.24) is 4.90 Å². The average Bonchev–Trinajstić information content (AvgIpc) is 2.70. The van der Waals surface area contributed by atoms with Gasteiger partial charge in [-0.2, -0.15) is 0 Å². The Kier molecular flexibility index (Phi) is 6.08. The summed E-state index contributed by atoms with van der Waals surface area (Å²) in [4.78, 5) is 2.60. The van der Waals surface area contributed by atoms with Crippen molar-refractivity contribution in [2.24, 2.45) is 11.7 Å². The quantitative estimate of drug-likeness (QED) is 0.888. The second kappa shape index (κ2) is 7.61. The van der Waals surface area contributed by atoms with Crippen molar-refractivity contribution in [3.8, 4) is 5.75 Å². The van der Waals surface area contributed by atoms with E-state index in [2.05, 4.69) is 46.8 Å². The number of halogens is 1. The van der Waals surface area contributed by atoms with E-state index < -0.39 is 0 Å². The molecule has 1 aliphatic heterocycles. The van der Waals surface area contributed by atoms with Gasteiger partial charge >= 0.3 is 0 Å². The smallest absolute Gasteiger partial charge is 0.119 e. The summed E-state index contributed by atoms with van der Waals surface area (Å²) in [6.07, 6.45) is 3.73. The molecule has 1 aromatic rings. The Labute approximate surface area is 137 Å². The van der Waals surface area contributed by atoms with E-state index in [0.29, 0.717) is 18.0 Å². The molecule has 1 heterocycles. The Morgan fingerprint density at radius 3 is 2.76 bits per heavy atom. The summed E-state index contributed by atoms with van der Waals surface area (Å²) in [6.45, 7) is 6.43. The Bertz CT molecular complexity index is 464. The summed E-state index contributed by atoms with van der Waals surface area (Å²) in [7, 11) is 1.72. The van der Waals surface area contributed by atoms with Gasteiger partial charge in [0.1, 0.15) is 5.75 Å². The third-order valence-corrected chi connectivity index (χ3v) is 5.26. The molecule has 2 N–H and O–H groups in total. The van der Waals surface area contributed by atoms with E-state index >= 15 is 0 Å². The Hall–Kier alpha value is -0.580. The van der Waals surface area contributed by atoms with E-state index in [1.165, 1.54) is 24.8 Å². The molecule has 0 aromatic heterocycles. The minimum absolute atomic E-state index is 0.363. The molecule has 1 fully saturated rings. The van der Waals surface area contributed by atoms with Crippen molar-refractivity contribution in [1.29, 1.82) is 0 Å². The van der Waals surface area contributed by atoms with Gasteiger partial charge in [0.15, 0.2) is 0 Å². The monoisotopic (exact) mass is 354 g/mol. The van der Waals surface area contributed by atoms with E-state index in [-0.39, 0.29) is 0 Å². The summed E-state index contributed by atoms with van der Waals surface area (Å²) in [6, 6.07) is 7.13. The zero-order valence-corrected chi connectivity index (χ0v) is 14.9. The summed E-state index contributed by atoms with van der Waals surface area (Å²) in [5, 5.41) is 0. The highest BCUT2D eigenvalue weighted by atomic mass is 79.9. The van der Waals surface area contributed by atoms with Gasteiger partial charge in [-0.1, -0.05) is 22.4 Å². The van der Waals surface area contributed by atoms with Gasteiger partial charge in [0.2, 0.25) is 0 Å². The Morgan fingerprint density at radius 2 is 2.14 bits per heavy atom. The lowest BCUT2D eigenvalue weighted by Gasteiger charge is -2.38. The lowest BCUT2D eigenvalue weighted by molar-refractivity contribution is 0.121. The molecule has 1 saturated heterocycles. The molecule has 1 aliphatic rings. The second-order valence-corrected chi connectivity index (χ2v) is 7.01. The maximum atomic E-state index is 6.11. The third kappa shape index (κ3) is 3.79. The molecule has 0 radical (unpaired) electrons. The summed E-state index contributed by atoms with van der Waals surface area (Å²) >= 11 is 3.73. The lowest BCUT2D eigenvalue weighted by Crippen LogP contribution is -2.40. The molecule has 2 atom stereocenters. The Balaban J connectivity index is 2.46. The number of nitrogens with two attached hydrogens (primary N) is 1. The fourth-order valence-corrected chi connectivity index (χ4v) is 3.88. The minimum atomic E-state index is 0.363. The van der Waals surface area contributed by atoms with Crippen molar-refractivity contribution in [2.75, 3.05) is 20.2 Å². The highest BCUT2D eigenvalue weighted by Crippen LogP contribution is 2.40. The SMILES string of the molecule is COc1ccc(Br)c(C2C(CN)CCCCN2C(C)C)c1. The maximum absolute atomic E-state index is 6.11. The van der Waals surface area contributed by atoms with E-state index in [9.17, 15) is 0 Å². The van der Waals surface area contributed by atoms with Gasteiger partial charge in [-0.3, -0.25) is 4.90 Å². The van der Waals surface area contributed by atoms with Crippen LogP contribution in [0.5, 0.6) is 5.75 Å². The fourth-order valence-electron chi connectivity index (χ4n) is 3.40. The number of rotatable bonds is 4. The first-order valence-electron chi connectivity index (χ1n) is 7.87. The zero-order valence-electron chi connectivity index (χ0n) is 13.3. The lowest BCUT2D eigenvalue weighted by atomic mass is 9.88. The molecule has 0 bridgehead atoms. The molecule has 3 nitrogen and oxygen atoms in total. The van der Waals surface area contributed by atoms with Crippen LogP contribution in [0.2, 0.25) is 0 Å². The molecule has 0 aliphatic carbocycles.